The van der Waals surface area contributed by atoms with Crippen LogP contribution in [0.5, 0.6) is 0 Å². The Kier molecular flexibility index (Phi) is 4.94. The number of aromatic nitrogens is 3. The molecule has 0 amide bonds. The Morgan fingerprint density at radius 3 is 2.24 bits per heavy atom. The first-order valence-electron chi connectivity index (χ1n) is 7.39. The molecule has 0 atom stereocenters. The van der Waals surface area contributed by atoms with Gasteiger partial charge in [0.05, 0.1) is 5.69 Å². The molecule has 25 heavy (non-hydrogen) atoms. The van der Waals surface area contributed by atoms with E-state index in [4.69, 9.17) is 0 Å². The monoisotopic (exact) mass is 361 g/mol. The highest BCUT2D eigenvalue weighted by Crippen LogP contribution is 2.28. The summed E-state index contributed by atoms with van der Waals surface area (Å²) in [6.45, 7) is 0. The molecule has 0 aliphatic rings. The Balaban J connectivity index is 2.03. The van der Waals surface area contributed by atoms with Gasteiger partial charge in [-0.15, -0.1) is 16.9 Å². The van der Waals surface area contributed by atoms with Crippen molar-refractivity contribution in [1.29, 1.82) is 0 Å². The van der Waals surface area contributed by atoms with Gasteiger partial charge in [0.1, 0.15) is 0 Å². The van der Waals surface area contributed by atoms with Crippen molar-refractivity contribution in [2.24, 2.45) is 0 Å². The number of rotatable bonds is 4. The van der Waals surface area contributed by atoms with E-state index in [1.165, 1.54) is 10.8 Å². The maximum atomic E-state index is 13.0. The van der Waals surface area contributed by atoms with Crippen molar-refractivity contribution in [1.82, 2.24) is 14.8 Å². The number of hydrogen-bond donors (Lipinski definition) is 0. The molecule has 7 heteroatoms. The lowest BCUT2D eigenvalue weighted by Crippen LogP contribution is -2.08. The molecular weight excluding hydrogens is 347 g/mol. The van der Waals surface area contributed by atoms with E-state index in [0.29, 0.717) is 5.69 Å². The average molecular weight is 361 g/mol. The molecule has 3 rings (SSSR count). The van der Waals surface area contributed by atoms with E-state index in [1.807, 2.05) is 48.7 Å². The Labute approximate surface area is 147 Å². The zero-order valence-corrected chi connectivity index (χ0v) is 14.1. The van der Waals surface area contributed by atoms with Gasteiger partial charge in [0.15, 0.2) is 5.82 Å². The topological polar surface area (TPSA) is 30.7 Å². The third kappa shape index (κ3) is 4.11. The van der Waals surface area contributed by atoms with Gasteiger partial charge in [-0.25, -0.2) is 9.67 Å². The van der Waals surface area contributed by atoms with Crippen LogP contribution in [0.1, 0.15) is 17.2 Å². The molecule has 3 nitrogen and oxygen atoms in total. The lowest BCUT2D eigenvalue weighted by molar-refractivity contribution is -0.144. The highest BCUT2D eigenvalue weighted by molar-refractivity contribution is 7.98. The second-order valence-electron chi connectivity index (χ2n) is 5.15. The maximum Gasteiger partial charge on any atom is 0.453 e. The van der Waals surface area contributed by atoms with E-state index in [9.17, 15) is 13.2 Å². The van der Waals surface area contributed by atoms with Crippen LogP contribution in [0, 0.1) is 0 Å². The van der Waals surface area contributed by atoms with E-state index in [0.717, 1.165) is 10.5 Å². The lowest BCUT2D eigenvalue weighted by Gasteiger charge is -2.04. The van der Waals surface area contributed by atoms with Gasteiger partial charge in [-0.2, -0.15) is 13.2 Å². The summed E-state index contributed by atoms with van der Waals surface area (Å²) in [6, 6.07) is 16.4. The zero-order valence-electron chi connectivity index (χ0n) is 13.2. The van der Waals surface area contributed by atoms with Crippen LogP contribution in [0.2, 0.25) is 0 Å². The van der Waals surface area contributed by atoms with Crippen molar-refractivity contribution in [3.8, 4) is 5.69 Å². The Morgan fingerprint density at radius 1 is 0.960 bits per heavy atom. The predicted octanol–water partition coefficient (Wildman–Crippen LogP) is 5.18. The first kappa shape index (κ1) is 17.3. The molecule has 2 aromatic carbocycles. The second kappa shape index (κ2) is 7.14. The van der Waals surface area contributed by atoms with Crippen LogP contribution >= 0.6 is 11.8 Å². The fourth-order valence-electron chi connectivity index (χ4n) is 2.20. The molecule has 1 heterocycles. The van der Waals surface area contributed by atoms with Gasteiger partial charge < -0.3 is 0 Å². The third-order valence-electron chi connectivity index (χ3n) is 3.43. The minimum atomic E-state index is -4.60. The summed E-state index contributed by atoms with van der Waals surface area (Å²) >= 11 is 1.55. The van der Waals surface area contributed by atoms with Crippen LogP contribution in [-0.2, 0) is 6.18 Å². The highest BCUT2D eigenvalue weighted by atomic mass is 32.2. The van der Waals surface area contributed by atoms with Gasteiger partial charge in [-0.3, -0.25) is 0 Å². The highest BCUT2D eigenvalue weighted by Gasteiger charge is 2.37. The van der Waals surface area contributed by atoms with E-state index >= 15 is 0 Å². The van der Waals surface area contributed by atoms with Crippen molar-refractivity contribution in [3.05, 3.63) is 71.8 Å². The first-order valence-corrected chi connectivity index (χ1v) is 8.61. The zero-order chi connectivity index (χ0) is 17.9. The summed E-state index contributed by atoms with van der Waals surface area (Å²) in [5.41, 5.74) is 1.39. The standard InChI is InChI=1S/C18H14F3N3S/c1-25-15-10-8-14(9-11-15)24-16(22-17(23-24)18(19,20)21)12-7-13-5-3-2-4-6-13/h2-12H,1H3. The quantitative estimate of drug-likeness (QED) is 0.600. The van der Waals surface area contributed by atoms with Crippen LogP contribution in [-0.4, -0.2) is 21.0 Å². The molecular formula is C18H14F3N3S. The van der Waals surface area contributed by atoms with Crippen molar-refractivity contribution < 1.29 is 13.2 Å². The van der Waals surface area contributed by atoms with Crippen LogP contribution in [0.15, 0.2) is 59.5 Å². The van der Waals surface area contributed by atoms with E-state index in [-0.39, 0.29) is 5.82 Å². The molecule has 0 radical (unpaired) electrons. The minimum absolute atomic E-state index is 0.119. The molecule has 0 aliphatic heterocycles. The molecule has 3 aromatic rings. The molecule has 0 N–H and O–H groups in total. The molecule has 128 valence electrons. The number of nitrogens with zero attached hydrogens (tertiary/aromatic N) is 3. The first-order chi connectivity index (χ1) is 12.0. The van der Waals surface area contributed by atoms with Crippen LogP contribution in [0.3, 0.4) is 0 Å². The number of thioether (sulfide) groups is 1. The van der Waals surface area contributed by atoms with Gasteiger partial charge in [0.2, 0.25) is 0 Å². The Morgan fingerprint density at radius 2 is 1.64 bits per heavy atom. The number of benzene rings is 2. The van der Waals surface area contributed by atoms with E-state index in [1.54, 1.807) is 30.0 Å². The van der Waals surface area contributed by atoms with Gasteiger partial charge >= 0.3 is 6.18 Å². The SMILES string of the molecule is CSc1ccc(-n2nc(C(F)(F)F)nc2C=Cc2ccccc2)cc1. The van der Waals surface area contributed by atoms with Crippen molar-refractivity contribution >= 4 is 23.9 Å². The molecule has 0 saturated heterocycles. The molecule has 0 aliphatic carbocycles. The van der Waals surface area contributed by atoms with Gasteiger partial charge in [-0.05, 0) is 42.2 Å². The fourth-order valence-corrected chi connectivity index (χ4v) is 2.61. The van der Waals surface area contributed by atoms with Gasteiger partial charge in [-0.1, -0.05) is 36.4 Å². The molecule has 0 unspecified atom stereocenters. The third-order valence-corrected chi connectivity index (χ3v) is 4.17. The van der Waals surface area contributed by atoms with Crippen LogP contribution in [0.25, 0.3) is 17.8 Å². The average Bonchev–Trinajstić information content (AvgIpc) is 3.05. The normalized spacial score (nSPS) is 12.0. The van der Waals surface area contributed by atoms with Crippen molar-refractivity contribution in [3.63, 3.8) is 0 Å². The smallest absolute Gasteiger partial charge is 0.213 e. The lowest BCUT2D eigenvalue weighted by atomic mass is 10.2. The van der Waals surface area contributed by atoms with E-state index < -0.39 is 12.0 Å². The molecule has 0 spiro atoms. The van der Waals surface area contributed by atoms with Crippen molar-refractivity contribution in [2.75, 3.05) is 6.26 Å². The molecule has 0 saturated carbocycles. The summed E-state index contributed by atoms with van der Waals surface area (Å²) in [5, 5.41) is 3.64. The molecule has 0 bridgehead atoms. The predicted molar refractivity (Wildman–Crippen MR) is 93.5 cm³/mol. The van der Waals surface area contributed by atoms with Crippen LogP contribution in [0.4, 0.5) is 13.2 Å². The number of halogens is 3. The molecule has 1 aromatic heterocycles. The maximum absolute atomic E-state index is 13.0. The van der Waals surface area contributed by atoms with Crippen molar-refractivity contribution in [2.45, 2.75) is 11.1 Å². The summed E-state index contributed by atoms with van der Waals surface area (Å²) in [7, 11) is 0. The molecule has 0 fully saturated rings. The Bertz CT molecular complexity index is 869. The minimum Gasteiger partial charge on any atom is -0.213 e. The Hall–Kier alpha value is -2.54. The summed E-state index contributed by atoms with van der Waals surface area (Å²) in [4.78, 5) is 4.67. The van der Waals surface area contributed by atoms with E-state index in [2.05, 4.69) is 10.1 Å². The number of hydrogen-bond acceptors (Lipinski definition) is 3. The fraction of sp³-hybridized carbons (Fsp3) is 0.111. The van der Waals surface area contributed by atoms with Gasteiger partial charge in [0, 0.05) is 4.90 Å². The summed E-state index contributed by atoms with van der Waals surface area (Å²) in [6.07, 6.45) is 0.567. The summed E-state index contributed by atoms with van der Waals surface area (Å²) in [5.74, 6) is -1.04. The number of alkyl halides is 3. The summed E-state index contributed by atoms with van der Waals surface area (Å²) < 4.78 is 40.2. The second-order valence-corrected chi connectivity index (χ2v) is 6.02. The van der Waals surface area contributed by atoms with Gasteiger partial charge in [0.25, 0.3) is 5.82 Å². The largest absolute Gasteiger partial charge is 0.453 e. The van der Waals surface area contributed by atoms with Crippen LogP contribution < -0.4 is 0 Å².